The van der Waals surface area contributed by atoms with Crippen LogP contribution in [0.1, 0.15) is 27.0 Å². The summed E-state index contributed by atoms with van der Waals surface area (Å²) in [6, 6.07) is 21.5. The van der Waals surface area contributed by atoms with Crippen LogP contribution in [-0.2, 0) is 13.1 Å². The second-order valence-corrected chi connectivity index (χ2v) is 7.31. The molecule has 1 aromatic heterocycles. The van der Waals surface area contributed by atoms with Gasteiger partial charge in [0.1, 0.15) is 0 Å². The van der Waals surface area contributed by atoms with Gasteiger partial charge in [-0.25, -0.2) is 0 Å². The summed E-state index contributed by atoms with van der Waals surface area (Å²) in [4.78, 5) is 12.6. The van der Waals surface area contributed by atoms with Crippen molar-refractivity contribution in [3.8, 4) is 0 Å². The Morgan fingerprint density at radius 3 is 2.68 bits per heavy atom. The largest absolute Gasteiger partial charge is 0.348 e. The molecule has 0 radical (unpaired) electrons. The molecule has 5 heteroatoms. The number of nitrogens with zero attached hydrogens (tertiary/aromatic N) is 2. The monoisotopic (exact) mass is 389 g/mol. The first kappa shape index (κ1) is 18.3. The highest BCUT2D eigenvalue weighted by atomic mass is 35.5. The second-order valence-electron chi connectivity index (χ2n) is 6.88. The molecule has 0 bridgehead atoms. The third-order valence-corrected chi connectivity index (χ3v) is 4.90. The van der Waals surface area contributed by atoms with Crippen LogP contribution in [0.3, 0.4) is 0 Å². The Bertz CT molecular complexity index is 1150. The molecule has 1 heterocycles. The molecular formula is C23H20ClN3O. The molecule has 1 N–H and O–H groups in total. The predicted molar refractivity (Wildman–Crippen MR) is 113 cm³/mol. The van der Waals surface area contributed by atoms with Gasteiger partial charge in [-0.05, 0) is 42.3 Å². The lowest BCUT2D eigenvalue weighted by Gasteiger charge is -2.08. The fourth-order valence-electron chi connectivity index (χ4n) is 3.25. The third-order valence-electron chi connectivity index (χ3n) is 4.66. The van der Waals surface area contributed by atoms with Crippen LogP contribution in [0.2, 0.25) is 5.02 Å². The fourth-order valence-corrected chi connectivity index (χ4v) is 3.47. The van der Waals surface area contributed by atoms with E-state index in [0.717, 1.165) is 22.0 Å². The summed E-state index contributed by atoms with van der Waals surface area (Å²) in [5.74, 6) is -0.0982. The number of hydrogen-bond acceptors (Lipinski definition) is 2. The summed E-state index contributed by atoms with van der Waals surface area (Å²) in [5.41, 5.74) is 4.86. The first-order valence-electron chi connectivity index (χ1n) is 9.12. The van der Waals surface area contributed by atoms with Crippen molar-refractivity contribution in [1.29, 1.82) is 0 Å². The van der Waals surface area contributed by atoms with E-state index < -0.39 is 0 Å². The number of rotatable bonds is 5. The van der Waals surface area contributed by atoms with Gasteiger partial charge in [0.2, 0.25) is 0 Å². The van der Waals surface area contributed by atoms with Crippen molar-refractivity contribution in [1.82, 2.24) is 15.1 Å². The maximum Gasteiger partial charge on any atom is 0.251 e. The molecule has 0 aliphatic rings. The van der Waals surface area contributed by atoms with Crippen LogP contribution in [0.25, 0.3) is 10.9 Å². The highest BCUT2D eigenvalue weighted by Gasteiger charge is 2.10. The van der Waals surface area contributed by atoms with Gasteiger partial charge in [0.05, 0.1) is 18.3 Å². The Hall–Kier alpha value is -3.11. The number of aromatic nitrogens is 2. The molecule has 0 saturated heterocycles. The van der Waals surface area contributed by atoms with Gasteiger partial charge >= 0.3 is 0 Å². The number of nitrogens with one attached hydrogen (secondary N) is 1. The number of carbonyl (C=O) groups is 1. The number of carbonyl (C=O) groups excluding carboxylic acids is 1. The van der Waals surface area contributed by atoms with Crippen molar-refractivity contribution in [3.63, 3.8) is 0 Å². The van der Waals surface area contributed by atoms with Gasteiger partial charge < -0.3 is 5.32 Å². The maximum atomic E-state index is 12.6. The molecule has 0 aliphatic carbocycles. The summed E-state index contributed by atoms with van der Waals surface area (Å²) < 4.78 is 1.89. The van der Waals surface area contributed by atoms with E-state index >= 15 is 0 Å². The van der Waals surface area contributed by atoms with Crippen LogP contribution in [-0.4, -0.2) is 15.7 Å². The molecule has 4 nitrogen and oxygen atoms in total. The average Bonchev–Trinajstić information content (AvgIpc) is 3.08. The SMILES string of the molecule is Cc1cccc(CNC(=O)c2ccc3cnn(Cc4cccc(Cl)c4)c3c2)c1. The number of halogens is 1. The van der Waals surface area contributed by atoms with Gasteiger partial charge in [0, 0.05) is 22.5 Å². The summed E-state index contributed by atoms with van der Waals surface area (Å²) in [6.45, 7) is 3.14. The Morgan fingerprint density at radius 1 is 1.04 bits per heavy atom. The lowest BCUT2D eigenvalue weighted by Crippen LogP contribution is -2.22. The number of benzene rings is 3. The molecule has 3 aromatic carbocycles. The van der Waals surface area contributed by atoms with Crippen molar-refractivity contribution >= 4 is 28.4 Å². The van der Waals surface area contributed by atoms with Gasteiger partial charge in [-0.3, -0.25) is 9.48 Å². The lowest BCUT2D eigenvalue weighted by molar-refractivity contribution is 0.0951. The van der Waals surface area contributed by atoms with Gasteiger partial charge in [-0.1, -0.05) is 59.6 Å². The van der Waals surface area contributed by atoms with E-state index in [1.54, 1.807) is 0 Å². The number of aryl methyl sites for hydroxylation is 1. The molecule has 4 aromatic rings. The van der Waals surface area contributed by atoms with E-state index in [0.29, 0.717) is 23.7 Å². The van der Waals surface area contributed by atoms with E-state index in [1.807, 2.05) is 78.5 Å². The predicted octanol–water partition coefficient (Wildman–Crippen LogP) is 4.98. The zero-order chi connectivity index (χ0) is 19.5. The highest BCUT2D eigenvalue weighted by molar-refractivity contribution is 6.30. The first-order valence-corrected chi connectivity index (χ1v) is 9.50. The zero-order valence-electron chi connectivity index (χ0n) is 15.5. The maximum absolute atomic E-state index is 12.6. The Labute approximate surface area is 168 Å². The van der Waals surface area contributed by atoms with E-state index in [2.05, 4.69) is 16.5 Å². The molecule has 28 heavy (non-hydrogen) atoms. The minimum Gasteiger partial charge on any atom is -0.348 e. The highest BCUT2D eigenvalue weighted by Crippen LogP contribution is 2.19. The van der Waals surface area contributed by atoms with Crippen molar-refractivity contribution < 1.29 is 4.79 Å². The van der Waals surface area contributed by atoms with E-state index in [4.69, 9.17) is 11.6 Å². The Balaban J connectivity index is 1.54. The first-order chi connectivity index (χ1) is 13.6. The fraction of sp³-hybridized carbons (Fsp3) is 0.130. The zero-order valence-corrected chi connectivity index (χ0v) is 16.3. The number of amides is 1. The van der Waals surface area contributed by atoms with E-state index in [1.165, 1.54) is 5.56 Å². The lowest BCUT2D eigenvalue weighted by atomic mass is 10.1. The normalized spacial score (nSPS) is 10.9. The minimum atomic E-state index is -0.0982. The molecule has 0 spiro atoms. The second kappa shape index (κ2) is 7.87. The van der Waals surface area contributed by atoms with Crippen LogP contribution in [0.15, 0.2) is 72.9 Å². The third kappa shape index (κ3) is 4.07. The number of fused-ring (bicyclic) bond motifs is 1. The smallest absolute Gasteiger partial charge is 0.251 e. The summed E-state index contributed by atoms with van der Waals surface area (Å²) in [5, 5.41) is 9.15. The molecule has 140 valence electrons. The standard InChI is InChI=1S/C23H20ClN3O/c1-16-4-2-5-17(10-16)13-25-23(28)19-8-9-20-14-26-27(22(20)12-19)15-18-6-3-7-21(24)11-18/h2-12,14H,13,15H2,1H3,(H,25,28). The molecule has 0 saturated carbocycles. The molecule has 1 amide bonds. The van der Waals surface area contributed by atoms with Gasteiger partial charge in [-0.2, -0.15) is 5.10 Å². The molecule has 0 aliphatic heterocycles. The Kier molecular flexibility index (Phi) is 5.13. The molecule has 0 unspecified atom stereocenters. The molecule has 4 rings (SSSR count). The van der Waals surface area contributed by atoms with Gasteiger partial charge in [0.15, 0.2) is 0 Å². The van der Waals surface area contributed by atoms with Crippen molar-refractivity contribution in [3.05, 3.63) is 100 Å². The van der Waals surface area contributed by atoms with E-state index in [-0.39, 0.29) is 5.91 Å². The number of hydrogen-bond donors (Lipinski definition) is 1. The summed E-state index contributed by atoms with van der Waals surface area (Å²) >= 11 is 6.08. The van der Waals surface area contributed by atoms with Crippen LogP contribution in [0.5, 0.6) is 0 Å². The van der Waals surface area contributed by atoms with Crippen molar-refractivity contribution in [2.75, 3.05) is 0 Å². The van der Waals surface area contributed by atoms with Gasteiger partial charge in [0.25, 0.3) is 5.91 Å². The summed E-state index contributed by atoms with van der Waals surface area (Å²) in [6.07, 6.45) is 1.81. The van der Waals surface area contributed by atoms with E-state index in [9.17, 15) is 4.79 Å². The average molecular weight is 390 g/mol. The Morgan fingerprint density at radius 2 is 1.86 bits per heavy atom. The quantitative estimate of drug-likeness (QED) is 0.523. The molecular weight excluding hydrogens is 370 g/mol. The summed E-state index contributed by atoms with van der Waals surface area (Å²) in [7, 11) is 0. The van der Waals surface area contributed by atoms with Crippen LogP contribution >= 0.6 is 11.6 Å². The minimum absolute atomic E-state index is 0.0982. The van der Waals surface area contributed by atoms with Crippen LogP contribution in [0.4, 0.5) is 0 Å². The topological polar surface area (TPSA) is 46.9 Å². The van der Waals surface area contributed by atoms with Crippen LogP contribution < -0.4 is 5.32 Å². The van der Waals surface area contributed by atoms with Crippen molar-refractivity contribution in [2.24, 2.45) is 0 Å². The van der Waals surface area contributed by atoms with Crippen LogP contribution in [0, 0.1) is 6.92 Å². The van der Waals surface area contributed by atoms with Gasteiger partial charge in [-0.15, -0.1) is 0 Å². The molecule has 0 fully saturated rings. The molecule has 0 atom stereocenters. The van der Waals surface area contributed by atoms with Crippen molar-refractivity contribution in [2.45, 2.75) is 20.0 Å².